The molecule has 0 saturated carbocycles. The maximum Gasteiger partial charge on any atom is 0.336 e. The molecule has 114 valence electrons. The topological polar surface area (TPSA) is 89.7 Å². The Morgan fingerprint density at radius 3 is 2.45 bits per heavy atom. The fourth-order valence-electron chi connectivity index (χ4n) is 1.80. The van der Waals surface area contributed by atoms with E-state index in [0.29, 0.717) is 6.07 Å². The third-order valence-corrected chi connectivity index (χ3v) is 2.85. The van der Waals surface area contributed by atoms with Gasteiger partial charge in [0.1, 0.15) is 5.82 Å². The van der Waals surface area contributed by atoms with Gasteiger partial charge in [0.05, 0.1) is 10.5 Å². The predicted molar refractivity (Wildman–Crippen MR) is 71.2 cm³/mol. The number of benzene rings is 2. The van der Waals surface area contributed by atoms with Crippen LogP contribution in [0.5, 0.6) is 11.5 Å². The van der Waals surface area contributed by atoms with E-state index < -0.39 is 39.7 Å². The minimum Gasteiger partial charge on any atom is -0.478 e. The number of carboxylic acids is 1. The molecule has 0 heterocycles. The summed E-state index contributed by atoms with van der Waals surface area (Å²) in [6.45, 7) is 1.39. The molecule has 0 spiro atoms. The van der Waals surface area contributed by atoms with Crippen LogP contribution in [0.1, 0.15) is 15.9 Å². The van der Waals surface area contributed by atoms with E-state index in [4.69, 9.17) is 9.84 Å². The van der Waals surface area contributed by atoms with Crippen molar-refractivity contribution in [2.45, 2.75) is 6.92 Å². The molecule has 0 saturated heterocycles. The number of nitro benzene ring substituents is 1. The number of halogens is 2. The first-order chi connectivity index (χ1) is 10.3. The SMILES string of the molecule is Cc1cc([N+](=O)[O-])c(Oc2ccc(F)cc2F)cc1C(=O)O. The van der Waals surface area contributed by atoms with Gasteiger partial charge in [0.25, 0.3) is 0 Å². The lowest BCUT2D eigenvalue weighted by atomic mass is 10.1. The number of rotatable bonds is 4. The van der Waals surface area contributed by atoms with Crippen LogP contribution in [0, 0.1) is 28.7 Å². The van der Waals surface area contributed by atoms with Gasteiger partial charge in [-0.15, -0.1) is 0 Å². The van der Waals surface area contributed by atoms with Crippen LogP contribution in [0.2, 0.25) is 0 Å². The van der Waals surface area contributed by atoms with Gasteiger partial charge in [-0.1, -0.05) is 0 Å². The van der Waals surface area contributed by atoms with Crippen LogP contribution < -0.4 is 4.74 Å². The number of carbonyl (C=O) groups is 1. The second kappa shape index (κ2) is 5.76. The quantitative estimate of drug-likeness (QED) is 0.687. The number of carboxylic acid groups (broad SMARTS) is 1. The molecule has 0 aromatic heterocycles. The Morgan fingerprint density at radius 1 is 1.23 bits per heavy atom. The molecule has 0 unspecified atom stereocenters. The van der Waals surface area contributed by atoms with Gasteiger partial charge in [0, 0.05) is 18.2 Å². The van der Waals surface area contributed by atoms with Crippen LogP contribution in [0.15, 0.2) is 30.3 Å². The molecule has 22 heavy (non-hydrogen) atoms. The van der Waals surface area contributed by atoms with Crippen molar-refractivity contribution in [2.24, 2.45) is 0 Å². The summed E-state index contributed by atoms with van der Waals surface area (Å²) in [6, 6.07) is 4.36. The van der Waals surface area contributed by atoms with Crippen molar-refractivity contribution in [3.63, 3.8) is 0 Å². The van der Waals surface area contributed by atoms with Crippen molar-refractivity contribution in [3.05, 3.63) is 63.2 Å². The largest absolute Gasteiger partial charge is 0.478 e. The highest BCUT2D eigenvalue weighted by molar-refractivity contribution is 5.90. The van der Waals surface area contributed by atoms with E-state index >= 15 is 0 Å². The third-order valence-electron chi connectivity index (χ3n) is 2.85. The van der Waals surface area contributed by atoms with Gasteiger partial charge >= 0.3 is 11.7 Å². The molecule has 0 bridgehead atoms. The zero-order chi connectivity index (χ0) is 16.4. The highest BCUT2D eigenvalue weighted by Crippen LogP contribution is 2.35. The van der Waals surface area contributed by atoms with Crippen LogP contribution in [0.25, 0.3) is 0 Å². The number of ether oxygens (including phenoxy) is 1. The van der Waals surface area contributed by atoms with Crippen LogP contribution >= 0.6 is 0 Å². The molecule has 0 aliphatic rings. The summed E-state index contributed by atoms with van der Waals surface area (Å²) in [5.74, 6) is -4.11. The van der Waals surface area contributed by atoms with Gasteiger partial charge in [-0.2, -0.15) is 0 Å². The van der Waals surface area contributed by atoms with Crippen molar-refractivity contribution in [3.8, 4) is 11.5 Å². The average molecular weight is 309 g/mol. The van der Waals surface area contributed by atoms with E-state index in [-0.39, 0.29) is 11.1 Å². The molecule has 2 aromatic rings. The summed E-state index contributed by atoms with van der Waals surface area (Å²) in [7, 11) is 0. The number of hydrogen-bond donors (Lipinski definition) is 1. The second-order valence-electron chi connectivity index (χ2n) is 4.37. The lowest BCUT2D eigenvalue weighted by molar-refractivity contribution is -0.385. The first kappa shape index (κ1) is 15.4. The minimum absolute atomic E-state index is 0.158. The molecule has 0 radical (unpaired) electrons. The summed E-state index contributed by atoms with van der Waals surface area (Å²) in [4.78, 5) is 21.3. The molecule has 8 heteroatoms. The van der Waals surface area contributed by atoms with Gasteiger partial charge in [-0.05, 0) is 24.6 Å². The maximum atomic E-state index is 13.6. The van der Waals surface area contributed by atoms with E-state index in [2.05, 4.69) is 0 Å². The first-order valence-electron chi connectivity index (χ1n) is 5.95. The van der Waals surface area contributed by atoms with E-state index in [1.165, 1.54) is 6.92 Å². The summed E-state index contributed by atoms with van der Waals surface area (Å²) < 4.78 is 31.4. The number of hydrogen-bond acceptors (Lipinski definition) is 4. The molecule has 0 aliphatic carbocycles. The van der Waals surface area contributed by atoms with Gasteiger partial charge in [0.2, 0.25) is 5.75 Å². The van der Waals surface area contributed by atoms with Gasteiger partial charge < -0.3 is 9.84 Å². The first-order valence-corrected chi connectivity index (χ1v) is 5.95. The fraction of sp³-hybridized carbons (Fsp3) is 0.0714. The monoisotopic (exact) mass is 309 g/mol. The Bertz CT molecular complexity index is 776. The predicted octanol–water partition coefficient (Wildman–Crippen LogP) is 3.67. The summed E-state index contributed by atoms with van der Waals surface area (Å²) in [6.07, 6.45) is 0. The smallest absolute Gasteiger partial charge is 0.336 e. The van der Waals surface area contributed by atoms with Gasteiger partial charge in [-0.3, -0.25) is 10.1 Å². The minimum atomic E-state index is -1.31. The van der Waals surface area contributed by atoms with Crippen molar-refractivity contribution < 1.29 is 28.3 Å². The number of nitro groups is 1. The van der Waals surface area contributed by atoms with E-state index in [9.17, 15) is 23.7 Å². The number of aromatic carboxylic acids is 1. The molecule has 6 nitrogen and oxygen atoms in total. The molecule has 2 aromatic carbocycles. The fourth-order valence-corrected chi connectivity index (χ4v) is 1.80. The summed E-state index contributed by atoms with van der Waals surface area (Å²) >= 11 is 0. The third kappa shape index (κ3) is 3.00. The Labute approximate surface area is 122 Å². The molecule has 0 atom stereocenters. The second-order valence-corrected chi connectivity index (χ2v) is 4.37. The van der Waals surface area contributed by atoms with Crippen LogP contribution in [0.3, 0.4) is 0 Å². The van der Waals surface area contributed by atoms with E-state index in [0.717, 1.165) is 24.3 Å². The zero-order valence-electron chi connectivity index (χ0n) is 11.2. The Balaban J connectivity index is 2.54. The van der Waals surface area contributed by atoms with Gasteiger partial charge in [0.15, 0.2) is 11.6 Å². The Kier molecular flexibility index (Phi) is 4.02. The molecule has 0 fully saturated rings. The van der Waals surface area contributed by atoms with Crippen molar-refractivity contribution in [1.29, 1.82) is 0 Å². The highest BCUT2D eigenvalue weighted by Gasteiger charge is 2.22. The van der Waals surface area contributed by atoms with Crippen molar-refractivity contribution in [1.82, 2.24) is 0 Å². The van der Waals surface area contributed by atoms with Crippen molar-refractivity contribution >= 4 is 11.7 Å². The van der Waals surface area contributed by atoms with E-state index in [1.54, 1.807) is 0 Å². The molecular weight excluding hydrogens is 300 g/mol. The summed E-state index contributed by atoms with van der Waals surface area (Å²) in [5, 5.41) is 20.0. The summed E-state index contributed by atoms with van der Waals surface area (Å²) in [5.41, 5.74) is -0.583. The molecule has 2 rings (SSSR count). The van der Waals surface area contributed by atoms with Crippen LogP contribution in [-0.4, -0.2) is 16.0 Å². The molecular formula is C14H9F2NO5. The normalized spacial score (nSPS) is 10.3. The van der Waals surface area contributed by atoms with E-state index in [1.807, 2.05) is 0 Å². The molecule has 1 N–H and O–H groups in total. The average Bonchev–Trinajstić information content (AvgIpc) is 2.42. The Morgan fingerprint density at radius 2 is 1.91 bits per heavy atom. The van der Waals surface area contributed by atoms with Crippen LogP contribution in [0.4, 0.5) is 14.5 Å². The lowest BCUT2D eigenvalue weighted by Gasteiger charge is -2.09. The van der Waals surface area contributed by atoms with Gasteiger partial charge in [-0.25, -0.2) is 13.6 Å². The molecule has 0 amide bonds. The van der Waals surface area contributed by atoms with Crippen molar-refractivity contribution in [2.75, 3.05) is 0 Å². The zero-order valence-corrected chi connectivity index (χ0v) is 11.2. The highest BCUT2D eigenvalue weighted by atomic mass is 19.1. The molecule has 0 aliphatic heterocycles. The standard InChI is InChI=1S/C14H9F2NO5/c1-7-4-11(17(20)21)13(6-9(7)14(18)19)22-12-3-2-8(15)5-10(12)16/h2-6H,1H3,(H,18,19). The van der Waals surface area contributed by atoms with Crippen LogP contribution in [-0.2, 0) is 0 Å². The maximum absolute atomic E-state index is 13.6. The number of aryl methyl sites for hydroxylation is 1. The Hall–Kier alpha value is -3.03. The lowest BCUT2D eigenvalue weighted by Crippen LogP contribution is -2.03. The number of nitrogens with zero attached hydrogens (tertiary/aromatic N) is 1.